The van der Waals surface area contributed by atoms with E-state index in [9.17, 15) is 4.79 Å². The maximum absolute atomic E-state index is 12.4. The summed E-state index contributed by atoms with van der Waals surface area (Å²) in [4.78, 5) is 14.2. The second-order valence-electron chi connectivity index (χ2n) is 5.58. The molecule has 0 atom stereocenters. The van der Waals surface area contributed by atoms with Gasteiger partial charge in [-0.05, 0) is 25.0 Å². The Bertz CT molecular complexity index is 567. The highest BCUT2D eigenvalue weighted by molar-refractivity contribution is 5.77. The van der Waals surface area contributed by atoms with E-state index < -0.39 is 0 Å². The van der Waals surface area contributed by atoms with Crippen molar-refractivity contribution in [2.75, 3.05) is 6.61 Å². The smallest absolute Gasteiger partial charge is 0.249 e. The highest BCUT2D eigenvalue weighted by atomic mass is 16.5. The first-order valence-electron chi connectivity index (χ1n) is 7.62. The molecule has 2 rings (SSSR count). The lowest BCUT2D eigenvalue weighted by molar-refractivity contribution is -0.139. The van der Waals surface area contributed by atoms with Gasteiger partial charge < -0.3 is 9.64 Å². The number of amides is 1. The highest BCUT2D eigenvalue weighted by Crippen LogP contribution is 2.09. The predicted molar refractivity (Wildman–Crippen MR) is 88.2 cm³/mol. The highest BCUT2D eigenvalue weighted by Gasteiger charge is 2.17. The molecule has 3 heteroatoms. The molecule has 2 aromatic rings. The molecule has 0 aliphatic heterocycles. The van der Waals surface area contributed by atoms with Crippen LogP contribution in [0, 0.1) is 0 Å². The van der Waals surface area contributed by atoms with Crippen LogP contribution >= 0.6 is 0 Å². The van der Waals surface area contributed by atoms with Crippen LogP contribution in [0.15, 0.2) is 60.7 Å². The van der Waals surface area contributed by atoms with E-state index in [-0.39, 0.29) is 18.6 Å². The van der Waals surface area contributed by atoms with Crippen molar-refractivity contribution in [1.82, 2.24) is 4.90 Å². The van der Waals surface area contributed by atoms with Gasteiger partial charge in [0.15, 0.2) is 0 Å². The van der Waals surface area contributed by atoms with E-state index in [1.54, 1.807) is 0 Å². The van der Waals surface area contributed by atoms with Crippen LogP contribution < -0.4 is 0 Å². The molecule has 0 saturated carbocycles. The maximum atomic E-state index is 12.4. The van der Waals surface area contributed by atoms with Crippen molar-refractivity contribution in [1.29, 1.82) is 0 Å². The lowest BCUT2D eigenvalue weighted by atomic mass is 10.2. The third-order valence-corrected chi connectivity index (χ3v) is 3.48. The van der Waals surface area contributed by atoms with Crippen molar-refractivity contribution in [3.63, 3.8) is 0 Å². The van der Waals surface area contributed by atoms with E-state index in [1.165, 1.54) is 0 Å². The van der Waals surface area contributed by atoms with Crippen molar-refractivity contribution >= 4 is 5.91 Å². The third kappa shape index (κ3) is 5.01. The fourth-order valence-electron chi connectivity index (χ4n) is 2.25. The summed E-state index contributed by atoms with van der Waals surface area (Å²) in [5.74, 6) is 0.0229. The number of rotatable bonds is 7. The molecule has 0 saturated heterocycles. The normalized spacial score (nSPS) is 10.7. The number of hydrogen-bond acceptors (Lipinski definition) is 2. The molecule has 0 heterocycles. The van der Waals surface area contributed by atoms with Crippen LogP contribution in [0.2, 0.25) is 0 Å². The molecule has 0 aliphatic carbocycles. The molecule has 22 heavy (non-hydrogen) atoms. The lowest BCUT2D eigenvalue weighted by Gasteiger charge is -2.27. The molecule has 116 valence electrons. The van der Waals surface area contributed by atoms with Gasteiger partial charge in [-0.1, -0.05) is 60.7 Å². The van der Waals surface area contributed by atoms with Crippen LogP contribution in [0.4, 0.5) is 0 Å². The zero-order chi connectivity index (χ0) is 15.8. The number of hydrogen-bond donors (Lipinski definition) is 0. The molecule has 0 N–H and O–H groups in total. The number of ether oxygens (including phenoxy) is 1. The first-order valence-corrected chi connectivity index (χ1v) is 7.62. The van der Waals surface area contributed by atoms with Gasteiger partial charge in [-0.15, -0.1) is 0 Å². The van der Waals surface area contributed by atoms with E-state index in [4.69, 9.17) is 4.74 Å². The number of carbonyl (C=O) groups is 1. The van der Waals surface area contributed by atoms with Gasteiger partial charge in [0, 0.05) is 12.6 Å². The van der Waals surface area contributed by atoms with Crippen molar-refractivity contribution in [3.05, 3.63) is 71.8 Å². The van der Waals surface area contributed by atoms with Crippen LogP contribution in [0.5, 0.6) is 0 Å². The quantitative estimate of drug-likeness (QED) is 0.781. The summed E-state index contributed by atoms with van der Waals surface area (Å²) >= 11 is 0. The summed E-state index contributed by atoms with van der Waals surface area (Å²) in [6.07, 6.45) is 0. The van der Waals surface area contributed by atoms with Gasteiger partial charge in [0.25, 0.3) is 0 Å². The zero-order valence-corrected chi connectivity index (χ0v) is 13.2. The monoisotopic (exact) mass is 297 g/mol. The standard InChI is InChI=1S/C19H23NO2/c1-16(2)20(13-17-9-5-3-6-10-17)19(21)15-22-14-18-11-7-4-8-12-18/h3-12,16H,13-15H2,1-2H3. The van der Waals surface area contributed by atoms with Crippen LogP contribution in [-0.2, 0) is 22.7 Å². The van der Waals surface area contributed by atoms with Crippen LogP contribution in [0.3, 0.4) is 0 Å². The van der Waals surface area contributed by atoms with Gasteiger partial charge in [-0.3, -0.25) is 4.79 Å². The van der Waals surface area contributed by atoms with Crippen molar-refractivity contribution < 1.29 is 9.53 Å². The van der Waals surface area contributed by atoms with E-state index in [0.717, 1.165) is 11.1 Å². The summed E-state index contributed by atoms with van der Waals surface area (Å²) in [5, 5.41) is 0. The predicted octanol–water partition coefficient (Wildman–Crippen LogP) is 3.64. The molecule has 0 radical (unpaired) electrons. The second kappa shape index (κ2) is 8.35. The van der Waals surface area contributed by atoms with E-state index >= 15 is 0 Å². The first-order chi connectivity index (χ1) is 10.7. The van der Waals surface area contributed by atoms with Crippen molar-refractivity contribution in [2.45, 2.75) is 33.0 Å². The molecular weight excluding hydrogens is 274 g/mol. The molecule has 3 nitrogen and oxygen atoms in total. The van der Waals surface area contributed by atoms with Gasteiger partial charge in [-0.25, -0.2) is 0 Å². The number of nitrogens with zero attached hydrogens (tertiary/aromatic N) is 1. The van der Waals surface area contributed by atoms with Crippen LogP contribution in [0.25, 0.3) is 0 Å². The Balaban J connectivity index is 1.87. The van der Waals surface area contributed by atoms with Gasteiger partial charge in [0.1, 0.15) is 6.61 Å². The van der Waals surface area contributed by atoms with E-state index in [0.29, 0.717) is 13.2 Å². The Morgan fingerprint density at radius 3 is 2.05 bits per heavy atom. The summed E-state index contributed by atoms with van der Waals surface area (Å²) in [6, 6.07) is 20.1. The Morgan fingerprint density at radius 2 is 1.50 bits per heavy atom. The fraction of sp³-hybridized carbons (Fsp3) is 0.316. The van der Waals surface area contributed by atoms with Crippen LogP contribution in [0.1, 0.15) is 25.0 Å². The number of carbonyl (C=O) groups excluding carboxylic acids is 1. The molecule has 0 bridgehead atoms. The van der Waals surface area contributed by atoms with E-state index in [2.05, 4.69) is 0 Å². The topological polar surface area (TPSA) is 29.5 Å². The minimum Gasteiger partial charge on any atom is -0.367 e. The van der Waals surface area contributed by atoms with Crippen LogP contribution in [-0.4, -0.2) is 23.5 Å². The average molecular weight is 297 g/mol. The van der Waals surface area contributed by atoms with Gasteiger partial charge >= 0.3 is 0 Å². The lowest BCUT2D eigenvalue weighted by Crippen LogP contribution is -2.38. The summed E-state index contributed by atoms with van der Waals surface area (Å²) in [6.45, 7) is 5.24. The molecule has 1 amide bonds. The zero-order valence-electron chi connectivity index (χ0n) is 13.2. The maximum Gasteiger partial charge on any atom is 0.249 e. The third-order valence-electron chi connectivity index (χ3n) is 3.48. The molecule has 0 aliphatic rings. The summed E-state index contributed by atoms with van der Waals surface area (Å²) in [7, 11) is 0. The minimum atomic E-state index is 0.0229. The summed E-state index contributed by atoms with van der Waals surface area (Å²) < 4.78 is 5.56. The Kier molecular flexibility index (Phi) is 6.16. The van der Waals surface area contributed by atoms with Crippen molar-refractivity contribution in [2.24, 2.45) is 0 Å². The van der Waals surface area contributed by atoms with Crippen molar-refractivity contribution in [3.8, 4) is 0 Å². The Morgan fingerprint density at radius 1 is 0.955 bits per heavy atom. The van der Waals surface area contributed by atoms with E-state index in [1.807, 2.05) is 79.4 Å². The second-order valence-corrected chi connectivity index (χ2v) is 5.58. The van der Waals surface area contributed by atoms with Gasteiger partial charge in [0.05, 0.1) is 6.61 Å². The summed E-state index contributed by atoms with van der Waals surface area (Å²) in [5.41, 5.74) is 2.21. The SMILES string of the molecule is CC(C)N(Cc1ccccc1)C(=O)COCc1ccccc1. The Labute approximate surface area is 132 Å². The minimum absolute atomic E-state index is 0.0229. The molecule has 2 aromatic carbocycles. The fourth-order valence-corrected chi connectivity index (χ4v) is 2.25. The van der Waals surface area contributed by atoms with Gasteiger partial charge in [0.2, 0.25) is 5.91 Å². The number of benzene rings is 2. The molecule has 0 fully saturated rings. The molecular formula is C19H23NO2. The average Bonchev–Trinajstić information content (AvgIpc) is 2.54. The first kappa shape index (κ1) is 16.2. The molecule has 0 spiro atoms. The van der Waals surface area contributed by atoms with Gasteiger partial charge in [-0.2, -0.15) is 0 Å². The molecule has 0 aromatic heterocycles. The Hall–Kier alpha value is -2.13. The largest absolute Gasteiger partial charge is 0.367 e. The molecule has 0 unspecified atom stereocenters.